The van der Waals surface area contributed by atoms with Gasteiger partial charge in [0, 0.05) is 18.0 Å². The number of ether oxygens (including phenoxy) is 1. The number of carbonyl (C=O) groups excluding carboxylic acids is 1. The van der Waals surface area contributed by atoms with Crippen molar-refractivity contribution in [2.75, 3.05) is 7.11 Å². The molecule has 2 unspecified atom stereocenters. The van der Waals surface area contributed by atoms with Gasteiger partial charge in [0.2, 0.25) is 0 Å². The van der Waals surface area contributed by atoms with Crippen molar-refractivity contribution >= 4 is 11.7 Å². The molecule has 2 atom stereocenters. The molecule has 11 heteroatoms. The summed E-state index contributed by atoms with van der Waals surface area (Å²) in [7, 11) is 1.40. The van der Waals surface area contributed by atoms with Crippen LogP contribution in [0.25, 0.3) is 11.5 Å². The lowest BCUT2D eigenvalue weighted by Crippen LogP contribution is -2.44. The van der Waals surface area contributed by atoms with Gasteiger partial charge in [0.05, 0.1) is 18.7 Å². The summed E-state index contributed by atoms with van der Waals surface area (Å²) in [5.41, 5.74) is 1.42. The molecule has 4 aromatic rings. The standard InChI is InChI=1S/C25H21FN6O4/c1-25(10-15-3-5-17(26)20(9-15)34-2)22(16-4-6-18(29-11-16)21-12-28-14-35-21)36-32-24(25)31-23(33)19-7-8-27-13-30-19/h3-9,11-14,22H,10H2,1-2H3,(H,31,32,33). The summed E-state index contributed by atoms with van der Waals surface area (Å²) in [5, 5.41) is 7.05. The van der Waals surface area contributed by atoms with Crippen LogP contribution < -0.4 is 10.1 Å². The molecule has 0 fully saturated rings. The number of hydrogen-bond acceptors (Lipinski definition) is 9. The van der Waals surface area contributed by atoms with E-state index in [0.717, 1.165) is 11.1 Å². The highest BCUT2D eigenvalue weighted by atomic mass is 19.1. The maximum Gasteiger partial charge on any atom is 0.275 e. The van der Waals surface area contributed by atoms with Gasteiger partial charge in [-0.15, -0.1) is 0 Å². The molecule has 1 aromatic carbocycles. The van der Waals surface area contributed by atoms with Crippen LogP contribution in [-0.2, 0) is 11.3 Å². The second kappa shape index (κ2) is 9.53. The van der Waals surface area contributed by atoms with Crippen LogP contribution in [0.1, 0.15) is 34.6 Å². The van der Waals surface area contributed by atoms with Crippen molar-refractivity contribution in [3.63, 3.8) is 0 Å². The maximum absolute atomic E-state index is 14.0. The van der Waals surface area contributed by atoms with Crippen molar-refractivity contribution in [2.24, 2.45) is 10.6 Å². The first-order valence-electron chi connectivity index (χ1n) is 11.0. The molecule has 0 saturated carbocycles. The number of nitrogens with zero attached hydrogens (tertiary/aromatic N) is 5. The number of amidine groups is 1. The van der Waals surface area contributed by atoms with Gasteiger partial charge in [-0.1, -0.05) is 17.3 Å². The number of halogens is 1. The zero-order chi connectivity index (χ0) is 25.1. The van der Waals surface area contributed by atoms with Crippen molar-refractivity contribution in [3.8, 4) is 17.2 Å². The monoisotopic (exact) mass is 488 g/mol. The van der Waals surface area contributed by atoms with Gasteiger partial charge in [-0.25, -0.2) is 19.3 Å². The lowest BCUT2D eigenvalue weighted by Gasteiger charge is -2.30. The molecular weight excluding hydrogens is 467 g/mol. The first-order chi connectivity index (χ1) is 17.5. The molecule has 0 aliphatic carbocycles. The minimum atomic E-state index is -0.860. The minimum Gasteiger partial charge on any atom is -0.494 e. The molecule has 182 valence electrons. The van der Waals surface area contributed by atoms with Gasteiger partial charge in [0.1, 0.15) is 17.7 Å². The summed E-state index contributed by atoms with van der Waals surface area (Å²) in [6.45, 7) is 1.91. The van der Waals surface area contributed by atoms with E-state index in [-0.39, 0.29) is 11.4 Å². The van der Waals surface area contributed by atoms with Gasteiger partial charge in [0.25, 0.3) is 5.91 Å². The van der Waals surface area contributed by atoms with Gasteiger partial charge >= 0.3 is 0 Å². The summed E-state index contributed by atoms with van der Waals surface area (Å²) in [4.78, 5) is 34.9. The Kier molecular flexibility index (Phi) is 6.11. The van der Waals surface area contributed by atoms with Gasteiger partial charge in [-0.3, -0.25) is 9.78 Å². The first-order valence-corrected chi connectivity index (χ1v) is 11.0. The van der Waals surface area contributed by atoms with E-state index in [2.05, 4.69) is 30.4 Å². The Morgan fingerprint density at radius 3 is 2.75 bits per heavy atom. The molecule has 1 aliphatic rings. The highest BCUT2D eigenvalue weighted by Gasteiger charge is 2.48. The summed E-state index contributed by atoms with van der Waals surface area (Å²) in [6, 6.07) is 9.75. The molecule has 0 radical (unpaired) electrons. The molecule has 4 heterocycles. The number of hydrogen-bond donors (Lipinski definition) is 1. The van der Waals surface area contributed by atoms with E-state index < -0.39 is 23.2 Å². The number of oxazole rings is 1. The Balaban J connectivity index is 1.48. The van der Waals surface area contributed by atoms with Crippen molar-refractivity contribution in [1.29, 1.82) is 0 Å². The number of nitrogens with one attached hydrogen (secondary N) is 1. The molecule has 0 saturated heterocycles. The van der Waals surface area contributed by atoms with Crippen molar-refractivity contribution in [3.05, 3.63) is 90.3 Å². The predicted molar refractivity (Wildman–Crippen MR) is 125 cm³/mol. The van der Waals surface area contributed by atoms with E-state index in [1.54, 1.807) is 30.6 Å². The predicted octanol–water partition coefficient (Wildman–Crippen LogP) is 3.74. The second-order valence-electron chi connectivity index (χ2n) is 8.38. The molecular formula is C25H21FN6O4. The zero-order valence-corrected chi connectivity index (χ0v) is 19.4. The fourth-order valence-electron chi connectivity index (χ4n) is 4.10. The lowest BCUT2D eigenvalue weighted by molar-refractivity contribution is 0.0287. The van der Waals surface area contributed by atoms with Gasteiger partial charge in [0.15, 0.2) is 35.7 Å². The van der Waals surface area contributed by atoms with Gasteiger partial charge < -0.3 is 19.3 Å². The summed E-state index contributed by atoms with van der Waals surface area (Å²) >= 11 is 0. The number of pyridine rings is 1. The fourth-order valence-corrected chi connectivity index (χ4v) is 4.10. The number of methoxy groups -OCH3 is 1. The lowest BCUT2D eigenvalue weighted by atomic mass is 9.75. The largest absolute Gasteiger partial charge is 0.494 e. The number of oxime groups is 1. The highest BCUT2D eigenvalue weighted by molar-refractivity contribution is 6.07. The topological polar surface area (TPSA) is 125 Å². The first kappa shape index (κ1) is 23.1. The molecule has 0 spiro atoms. The third-order valence-electron chi connectivity index (χ3n) is 5.98. The normalized spacial score (nSPS) is 18.9. The van der Waals surface area contributed by atoms with Gasteiger partial charge in [-0.2, -0.15) is 0 Å². The van der Waals surface area contributed by atoms with E-state index in [4.69, 9.17) is 14.0 Å². The van der Waals surface area contributed by atoms with Crippen molar-refractivity contribution in [1.82, 2.24) is 25.3 Å². The van der Waals surface area contributed by atoms with Crippen LogP contribution in [0.15, 0.2) is 77.3 Å². The SMILES string of the molecule is COc1cc(CC2(C)C(NC(=O)c3ccncn3)=NOC2c2ccc(-c3cnco3)nc2)ccc1F. The van der Waals surface area contributed by atoms with Crippen molar-refractivity contribution in [2.45, 2.75) is 19.4 Å². The number of benzene rings is 1. The Labute approximate surface area is 205 Å². The Morgan fingerprint density at radius 1 is 1.17 bits per heavy atom. The summed E-state index contributed by atoms with van der Waals surface area (Å²) < 4.78 is 24.5. The van der Waals surface area contributed by atoms with Crippen LogP contribution in [0, 0.1) is 11.2 Å². The highest BCUT2D eigenvalue weighted by Crippen LogP contribution is 2.45. The summed E-state index contributed by atoms with van der Waals surface area (Å²) in [5.74, 6) is 0.0295. The van der Waals surface area contributed by atoms with Crippen molar-refractivity contribution < 1.29 is 23.2 Å². The average molecular weight is 488 g/mol. The molecule has 10 nitrogen and oxygen atoms in total. The van der Waals surface area contributed by atoms with Crippen LogP contribution in [-0.4, -0.2) is 38.8 Å². The Hall–Kier alpha value is -4.67. The molecule has 1 N–H and O–H groups in total. The van der Waals surface area contributed by atoms with Crippen LogP contribution in [0.4, 0.5) is 4.39 Å². The molecule has 1 aliphatic heterocycles. The molecule has 36 heavy (non-hydrogen) atoms. The van der Waals surface area contributed by atoms with Gasteiger partial charge in [-0.05, 0) is 43.2 Å². The fraction of sp³-hybridized carbons (Fsp3) is 0.200. The van der Waals surface area contributed by atoms with Crippen LogP contribution in [0.2, 0.25) is 0 Å². The quantitative estimate of drug-likeness (QED) is 0.435. The van der Waals surface area contributed by atoms with Crippen LogP contribution in [0.3, 0.4) is 0 Å². The molecule has 1 amide bonds. The van der Waals surface area contributed by atoms with E-state index in [0.29, 0.717) is 23.7 Å². The van der Waals surface area contributed by atoms with E-state index in [1.807, 2.05) is 13.0 Å². The van der Waals surface area contributed by atoms with E-state index in [1.165, 1.54) is 38.2 Å². The minimum absolute atomic E-state index is 0.119. The average Bonchev–Trinajstić information content (AvgIpc) is 3.55. The smallest absolute Gasteiger partial charge is 0.275 e. The third-order valence-corrected chi connectivity index (χ3v) is 5.98. The number of carbonyl (C=O) groups is 1. The Bertz CT molecular complexity index is 1400. The second-order valence-corrected chi connectivity index (χ2v) is 8.38. The zero-order valence-electron chi connectivity index (χ0n) is 19.4. The third kappa shape index (κ3) is 4.38. The molecule has 5 rings (SSSR count). The van der Waals surface area contributed by atoms with E-state index in [9.17, 15) is 9.18 Å². The van der Waals surface area contributed by atoms with Crippen LogP contribution in [0.5, 0.6) is 5.75 Å². The van der Waals surface area contributed by atoms with E-state index >= 15 is 0 Å². The number of aromatic nitrogens is 4. The number of rotatable bonds is 6. The maximum atomic E-state index is 14.0. The molecule has 0 bridgehead atoms. The summed E-state index contributed by atoms with van der Waals surface area (Å²) in [6.07, 6.45) is 7.08. The van der Waals surface area contributed by atoms with Crippen LogP contribution >= 0.6 is 0 Å². The molecule has 3 aromatic heterocycles. The Morgan fingerprint density at radius 2 is 2.06 bits per heavy atom. The number of amides is 1.